The van der Waals surface area contributed by atoms with E-state index in [2.05, 4.69) is 20.8 Å². The first-order valence-electron chi connectivity index (χ1n) is 6.34. The second-order valence-corrected chi connectivity index (χ2v) is 6.32. The monoisotopic (exact) mass is 315 g/mol. The van der Waals surface area contributed by atoms with Gasteiger partial charge in [-0.3, -0.25) is 4.90 Å². The topological polar surface area (TPSA) is 23.5 Å². The van der Waals surface area contributed by atoms with Crippen LogP contribution in [-0.2, 0) is 6.54 Å². The molecule has 18 heavy (non-hydrogen) atoms. The van der Waals surface area contributed by atoms with Crippen LogP contribution in [-0.4, -0.2) is 28.7 Å². The highest BCUT2D eigenvalue weighted by atomic mass is 79.9. The van der Waals surface area contributed by atoms with E-state index < -0.39 is 5.60 Å². The summed E-state index contributed by atoms with van der Waals surface area (Å²) in [4.78, 5) is 2.28. The molecule has 2 nitrogen and oxygen atoms in total. The molecule has 1 atom stereocenters. The summed E-state index contributed by atoms with van der Waals surface area (Å²) in [6, 6.07) is 5.00. The predicted octanol–water partition coefficient (Wildman–Crippen LogP) is 3.33. The van der Waals surface area contributed by atoms with Crippen molar-refractivity contribution in [3.05, 3.63) is 34.1 Å². The lowest BCUT2D eigenvalue weighted by molar-refractivity contribution is 0.0444. The van der Waals surface area contributed by atoms with Crippen molar-refractivity contribution in [1.82, 2.24) is 4.90 Å². The van der Waals surface area contributed by atoms with E-state index in [1.54, 1.807) is 6.07 Å². The molecule has 1 unspecified atom stereocenters. The van der Waals surface area contributed by atoms with E-state index in [9.17, 15) is 9.50 Å². The number of halogens is 2. The number of hydrogen-bond acceptors (Lipinski definition) is 2. The quantitative estimate of drug-likeness (QED) is 0.905. The molecule has 2 rings (SSSR count). The van der Waals surface area contributed by atoms with E-state index in [0.29, 0.717) is 0 Å². The molecule has 0 aliphatic carbocycles. The van der Waals surface area contributed by atoms with Crippen LogP contribution in [0.1, 0.15) is 31.7 Å². The average molecular weight is 316 g/mol. The van der Waals surface area contributed by atoms with Crippen molar-refractivity contribution in [2.45, 2.75) is 38.3 Å². The molecule has 100 valence electrons. The van der Waals surface area contributed by atoms with Crippen molar-refractivity contribution >= 4 is 15.9 Å². The second-order valence-electron chi connectivity index (χ2n) is 5.40. The van der Waals surface area contributed by atoms with Crippen LogP contribution in [0.15, 0.2) is 22.7 Å². The van der Waals surface area contributed by atoms with E-state index in [0.717, 1.165) is 48.9 Å². The Balaban J connectivity index is 2.00. The number of rotatable bonds is 2. The Hall–Kier alpha value is -0.450. The van der Waals surface area contributed by atoms with Gasteiger partial charge >= 0.3 is 0 Å². The van der Waals surface area contributed by atoms with Gasteiger partial charge in [0.05, 0.1) is 5.60 Å². The highest BCUT2D eigenvalue weighted by Gasteiger charge is 2.24. The highest BCUT2D eigenvalue weighted by molar-refractivity contribution is 9.10. The van der Waals surface area contributed by atoms with Crippen LogP contribution < -0.4 is 0 Å². The Labute approximate surface area is 116 Å². The lowest BCUT2D eigenvalue weighted by atomic mass is 9.98. The first kappa shape index (κ1) is 14.0. The third kappa shape index (κ3) is 4.04. The van der Waals surface area contributed by atoms with E-state index in [1.807, 2.05) is 13.0 Å². The highest BCUT2D eigenvalue weighted by Crippen LogP contribution is 2.23. The number of nitrogens with zero attached hydrogens (tertiary/aromatic N) is 1. The van der Waals surface area contributed by atoms with Crippen LogP contribution in [0.25, 0.3) is 0 Å². The zero-order valence-corrected chi connectivity index (χ0v) is 12.2. The van der Waals surface area contributed by atoms with Gasteiger partial charge in [0.25, 0.3) is 0 Å². The Morgan fingerprint density at radius 1 is 1.33 bits per heavy atom. The van der Waals surface area contributed by atoms with Gasteiger partial charge in [0.1, 0.15) is 5.82 Å². The van der Waals surface area contributed by atoms with Gasteiger partial charge < -0.3 is 5.11 Å². The summed E-state index contributed by atoms with van der Waals surface area (Å²) in [7, 11) is 0. The maximum Gasteiger partial charge on any atom is 0.124 e. The molecule has 1 fully saturated rings. The van der Waals surface area contributed by atoms with Gasteiger partial charge in [-0.15, -0.1) is 0 Å². The van der Waals surface area contributed by atoms with E-state index in [-0.39, 0.29) is 5.82 Å². The van der Waals surface area contributed by atoms with Crippen LogP contribution in [0.4, 0.5) is 4.39 Å². The second kappa shape index (κ2) is 5.68. The van der Waals surface area contributed by atoms with Crippen LogP contribution in [0, 0.1) is 5.82 Å². The van der Waals surface area contributed by atoms with E-state index in [1.165, 1.54) is 6.07 Å². The standard InChI is InChI=1S/C14H19BrFNO/c1-14(18)3-2-5-17(6-4-14)10-11-7-12(15)9-13(16)8-11/h7-9,18H,2-6,10H2,1H3. The van der Waals surface area contributed by atoms with Crippen molar-refractivity contribution < 1.29 is 9.50 Å². The fourth-order valence-corrected chi connectivity index (χ4v) is 2.95. The van der Waals surface area contributed by atoms with Gasteiger partial charge in [-0.2, -0.15) is 0 Å². The summed E-state index contributed by atoms with van der Waals surface area (Å²) < 4.78 is 14.1. The molecular formula is C14H19BrFNO. The Bertz CT molecular complexity index is 402. The van der Waals surface area contributed by atoms with Crippen molar-refractivity contribution in [2.24, 2.45) is 0 Å². The van der Waals surface area contributed by atoms with Crippen molar-refractivity contribution in [2.75, 3.05) is 13.1 Å². The smallest absolute Gasteiger partial charge is 0.124 e. The third-order valence-corrected chi connectivity index (χ3v) is 3.94. The molecule has 0 aromatic heterocycles. The fraction of sp³-hybridized carbons (Fsp3) is 0.571. The summed E-state index contributed by atoms with van der Waals surface area (Å²) in [6.07, 6.45) is 2.61. The van der Waals surface area contributed by atoms with Crippen molar-refractivity contribution in [3.8, 4) is 0 Å². The number of aliphatic hydroxyl groups is 1. The fourth-order valence-electron chi connectivity index (χ4n) is 2.44. The van der Waals surface area contributed by atoms with Gasteiger partial charge in [0.15, 0.2) is 0 Å². The minimum atomic E-state index is -0.544. The van der Waals surface area contributed by atoms with Crippen molar-refractivity contribution in [1.29, 1.82) is 0 Å². The zero-order chi connectivity index (χ0) is 13.2. The Kier molecular flexibility index (Phi) is 4.41. The molecule has 1 aromatic rings. The lowest BCUT2D eigenvalue weighted by Crippen LogP contribution is -2.28. The molecule has 0 bridgehead atoms. The zero-order valence-electron chi connectivity index (χ0n) is 10.6. The minimum absolute atomic E-state index is 0.207. The van der Waals surface area contributed by atoms with Gasteiger partial charge in [-0.25, -0.2) is 4.39 Å². The van der Waals surface area contributed by atoms with E-state index in [4.69, 9.17) is 0 Å². The molecule has 0 amide bonds. The third-order valence-electron chi connectivity index (χ3n) is 3.48. The summed E-state index contributed by atoms with van der Waals surface area (Å²) in [5, 5.41) is 10.0. The molecule has 0 saturated carbocycles. The number of hydrogen-bond donors (Lipinski definition) is 1. The van der Waals surface area contributed by atoms with Crippen LogP contribution in [0.2, 0.25) is 0 Å². The maximum absolute atomic E-state index is 13.3. The average Bonchev–Trinajstić information content (AvgIpc) is 2.39. The molecule has 4 heteroatoms. The Morgan fingerprint density at radius 2 is 2.11 bits per heavy atom. The molecule has 1 aliphatic heterocycles. The van der Waals surface area contributed by atoms with Crippen molar-refractivity contribution in [3.63, 3.8) is 0 Å². The first-order valence-corrected chi connectivity index (χ1v) is 7.14. The SMILES string of the molecule is CC1(O)CCCN(Cc2cc(F)cc(Br)c2)CC1. The largest absolute Gasteiger partial charge is 0.390 e. The van der Waals surface area contributed by atoms with E-state index >= 15 is 0 Å². The molecule has 1 N–H and O–H groups in total. The van der Waals surface area contributed by atoms with Gasteiger partial charge in [-0.1, -0.05) is 15.9 Å². The molecule has 0 radical (unpaired) electrons. The summed E-state index contributed by atoms with van der Waals surface area (Å²) >= 11 is 3.31. The molecule has 1 aromatic carbocycles. The number of benzene rings is 1. The van der Waals surface area contributed by atoms with Crippen LogP contribution in [0.3, 0.4) is 0 Å². The maximum atomic E-state index is 13.3. The molecule has 1 aliphatic rings. The summed E-state index contributed by atoms with van der Waals surface area (Å²) in [6.45, 7) is 4.47. The molecule has 1 heterocycles. The van der Waals surface area contributed by atoms with Gasteiger partial charge in [-0.05, 0) is 56.5 Å². The van der Waals surface area contributed by atoms with Gasteiger partial charge in [0, 0.05) is 17.6 Å². The normalized spacial score (nSPS) is 26.0. The lowest BCUT2D eigenvalue weighted by Gasteiger charge is -2.22. The summed E-state index contributed by atoms with van der Waals surface area (Å²) in [5.41, 5.74) is 0.431. The minimum Gasteiger partial charge on any atom is -0.390 e. The number of likely N-dealkylation sites (tertiary alicyclic amines) is 1. The van der Waals surface area contributed by atoms with Crippen LogP contribution >= 0.6 is 15.9 Å². The molecule has 0 spiro atoms. The predicted molar refractivity (Wildman–Crippen MR) is 73.9 cm³/mol. The molecular weight excluding hydrogens is 297 g/mol. The summed E-state index contributed by atoms with van der Waals surface area (Å²) in [5.74, 6) is -0.207. The van der Waals surface area contributed by atoms with Crippen LogP contribution in [0.5, 0.6) is 0 Å². The van der Waals surface area contributed by atoms with Gasteiger partial charge in [0.2, 0.25) is 0 Å². The Morgan fingerprint density at radius 3 is 2.83 bits per heavy atom. The molecule has 1 saturated heterocycles. The first-order chi connectivity index (χ1) is 8.44.